The van der Waals surface area contributed by atoms with E-state index in [-0.39, 0.29) is 11.8 Å². The predicted molar refractivity (Wildman–Crippen MR) is 95.4 cm³/mol. The van der Waals surface area contributed by atoms with Crippen LogP contribution in [0.4, 0.5) is 8.78 Å². The first kappa shape index (κ1) is 18.5. The molecule has 0 radical (unpaired) electrons. The average molecular weight is 363 g/mol. The second kappa shape index (κ2) is 8.36. The number of hydrogen-bond acceptors (Lipinski definition) is 4. The second-order valence-electron chi connectivity index (χ2n) is 5.95. The van der Waals surface area contributed by atoms with Gasteiger partial charge in [-0.25, -0.2) is 0 Å². The van der Waals surface area contributed by atoms with Gasteiger partial charge in [0.25, 0.3) is 0 Å². The fraction of sp³-hybridized carbons (Fsp3) is 0.400. The van der Waals surface area contributed by atoms with Gasteiger partial charge in [0.2, 0.25) is 0 Å². The van der Waals surface area contributed by atoms with Crippen LogP contribution in [0.2, 0.25) is 0 Å². The van der Waals surface area contributed by atoms with Crippen molar-refractivity contribution in [3.63, 3.8) is 0 Å². The molecular formula is C20H23F2NO3. The quantitative estimate of drug-likeness (QED) is 0.795. The highest BCUT2D eigenvalue weighted by molar-refractivity contribution is 5.52. The molecule has 0 amide bonds. The van der Waals surface area contributed by atoms with E-state index in [0.29, 0.717) is 13.2 Å². The molecule has 1 aliphatic heterocycles. The van der Waals surface area contributed by atoms with Crippen molar-refractivity contribution in [2.75, 3.05) is 19.8 Å². The molecule has 4 nitrogen and oxygen atoms in total. The van der Waals surface area contributed by atoms with Gasteiger partial charge in [0, 0.05) is 6.54 Å². The summed E-state index contributed by atoms with van der Waals surface area (Å²) in [5.74, 6) is 1.63. The Kier molecular flexibility index (Phi) is 5.93. The number of fused-ring (bicyclic) bond motifs is 1. The fourth-order valence-electron chi connectivity index (χ4n) is 3.24. The number of alkyl halides is 2. The van der Waals surface area contributed by atoms with Crippen molar-refractivity contribution in [2.45, 2.75) is 32.9 Å². The maximum Gasteiger partial charge on any atom is 0.387 e. The first-order valence-corrected chi connectivity index (χ1v) is 8.83. The summed E-state index contributed by atoms with van der Waals surface area (Å²) in [4.78, 5) is 0. The first-order valence-electron chi connectivity index (χ1n) is 8.83. The monoisotopic (exact) mass is 363 g/mol. The van der Waals surface area contributed by atoms with Crippen LogP contribution in [-0.4, -0.2) is 26.4 Å². The van der Waals surface area contributed by atoms with Crippen LogP contribution >= 0.6 is 0 Å². The number of halogens is 2. The first-order chi connectivity index (χ1) is 12.6. The lowest BCUT2D eigenvalue weighted by molar-refractivity contribution is -0.0498. The van der Waals surface area contributed by atoms with E-state index in [1.54, 1.807) is 24.3 Å². The van der Waals surface area contributed by atoms with Gasteiger partial charge in [0.05, 0.1) is 19.3 Å². The Morgan fingerprint density at radius 1 is 1.04 bits per heavy atom. The largest absolute Gasteiger partial charge is 0.490 e. The number of benzene rings is 2. The molecule has 0 saturated heterocycles. The van der Waals surface area contributed by atoms with Gasteiger partial charge in [-0.2, -0.15) is 8.78 Å². The molecule has 6 heteroatoms. The van der Waals surface area contributed by atoms with E-state index in [9.17, 15) is 8.78 Å². The molecule has 1 unspecified atom stereocenters. The van der Waals surface area contributed by atoms with E-state index in [1.165, 1.54) is 5.56 Å². The molecule has 1 N–H and O–H groups in total. The van der Waals surface area contributed by atoms with Crippen molar-refractivity contribution >= 4 is 0 Å². The summed E-state index contributed by atoms with van der Waals surface area (Å²) in [5, 5.41) is 3.49. The highest BCUT2D eigenvalue weighted by Gasteiger charge is 2.24. The van der Waals surface area contributed by atoms with Crippen molar-refractivity contribution in [3.8, 4) is 17.2 Å². The second-order valence-corrected chi connectivity index (χ2v) is 5.95. The van der Waals surface area contributed by atoms with Crippen LogP contribution in [0.1, 0.15) is 36.6 Å². The summed E-state index contributed by atoms with van der Waals surface area (Å²) >= 11 is 0. The highest BCUT2D eigenvalue weighted by Crippen LogP contribution is 2.38. The molecule has 0 aromatic heterocycles. The molecule has 2 aromatic rings. The topological polar surface area (TPSA) is 39.7 Å². The fourth-order valence-corrected chi connectivity index (χ4v) is 3.24. The van der Waals surface area contributed by atoms with E-state index in [4.69, 9.17) is 9.47 Å². The summed E-state index contributed by atoms with van der Waals surface area (Å²) in [5.41, 5.74) is 3.30. The molecule has 3 rings (SSSR count). The lowest BCUT2D eigenvalue weighted by atomic mass is 9.89. The normalized spacial score (nSPS) is 16.3. The SMILES string of the molecule is CCOc1cc2c(cc1OCC)C(c1ccc(OC(F)F)cc1)NCC2. The van der Waals surface area contributed by atoms with Crippen LogP contribution in [0.15, 0.2) is 36.4 Å². The predicted octanol–water partition coefficient (Wildman–Crippen LogP) is 4.32. The van der Waals surface area contributed by atoms with Gasteiger partial charge >= 0.3 is 6.61 Å². The minimum Gasteiger partial charge on any atom is -0.490 e. The molecule has 0 bridgehead atoms. The zero-order valence-electron chi connectivity index (χ0n) is 14.9. The molecule has 0 fully saturated rings. The van der Waals surface area contributed by atoms with Gasteiger partial charge in [-0.1, -0.05) is 12.1 Å². The average Bonchev–Trinajstić information content (AvgIpc) is 2.62. The van der Waals surface area contributed by atoms with Crippen molar-refractivity contribution in [1.29, 1.82) is 0 Å². The highest BCUT2D eigenvalue weighted by atomic mass is 19.3. The molecule has 1 aliphatic rings. The Balaban J connectivity index is 1.93. The minimum atomic E-state index is -2.82. The van der Waals surface area contributed by atoms with Crippen LogP contribution in [0.3, 0.4) is 0 Å². The molecule has 26 heavy (non-hydrogen) atoms. The van der Waals surface area contributed by atoms with Gasteiger partial charge in [-0.05, 0) is 61.2 Å². The third kappa shape index (κ3) is 4.07. The van der Waals surface area contributed by atoms with Gasteiger partial charge in [0.1, 0.15) is 5.75 Å². The van der Waals surface area contributed by atoms with Crippen LogP contribution in [0.5, 0.6) is 17.2 Å². The van der Waals surface area contributed by atoms with E-state index in [0.717, 1.165) is 35.6 Å². The summed E-state index contributed by atoms with van der Waals surface area (Å²) in [7, 11) is 0. The van der Waals surface area contributed by atoms with E-state index >= 15 is 0 Å². The zero-order chi connectivity index (χ0) is 18.5. The Labute approximate surface area is 152 Å². The molecular weight excluding hydrogens is 340 g/mol. The Hall–Kier alpha value is -2.34. The molecule has 1 heterocycles. The lowest BCUT2D eigenvalue weighted by Crippen LogP contribution is -2.30. The third-order valence-electron chi connectivity index (χ3n) is 4.30. The van der Waals surface area contributed by atoms with Crippen molar-refractivity contribution in [2.24, 2.45) is 0 Å². The molecule has 1 atom stereocenters. The maximum absolute atomic E-state index is 12.3. The lowest BCUT2D eigenvalue weighted by Gasteiger charge is -2.29. The Morgan fingerprint density at radius 2 is 1.69 bits per heavy atom. The van der Waals surface area contributed by atoms with Crippen LogP contribution in [0, 0.1) is 0 Å². The number of ether oxygens (including phenoxy) is 3. The number of rotatable bonds is 7. The summed E-state index contributed by atoms with van der Waals surface area (Å²) in [6.45, 7) is 3.02. The van der Waals surface area contributed by atoms with E-state index in [1.807, 2.05) is 26.0 Å². The van der Waals surface area contributed by atoms with Gasteiger partial charge < -0.3 is 19.5 Å². The Morgan fingerprint density at radius 3 is 2.31 bits per heavy atom. The van der Waals surface area contributed by atoms with Crippen molar-refractivity contribution < 1.29 is 23.0 Å². The molecule has 0 saturated carbocycles. The van der Waals surface area contributed by atoms with Crippen LogP contribution in [-0.2, 0) is 6.42 Å². The third-order valence-corrected chi connectivity index (χ3v) is 4.30. The van der Waals surface area contributed by atoms with Crippen LogP contribution < -0.4 is 19.5 Å². The maximum atomic E-state index is 12.3. The molecule has 140 valence electrons. The minimum absolute atomic E-state index is 0.0331. The Bertz CT molecular complexity index is 735. The van der Waals surface area contributed by atoms with Crippen molar-refractivity contribution in [1.82, 2.24) is 5.32 Å². The smallest absolute Gasteiger partial charge is 0.387 e. The standard InChI is InChI=1S/C20H23F2NO3/c1-3-24-17-11-14-9-10-23-19(16(14)12-18(17)25-4-2)13-5-7-15(8-6-13)26-20(21)22/h5-8,11-12,19-20,23H,3-4,9-10H2,1-2H3. The molecule has 0 aliphatic carbocycles. The molecule has 0 spiro atoms. The molecule has 2 aromatic carbocycles. The van der Waals surface area contributed by atoms with E-state index < -0.39 is 6.61 Å². The van der Waals surface area contributed by atoms with Gasteiger partial charge in [0.15, 0.2) is 11.5 Å². The zero-order valence-corrected chi connectivity index (χ0v) is 14.9. The summed E-state index contributed by atoms with van der Waals surface area (Å²) in [6.07, 6.45) is 0.894. The number of nitrogens with one attached hydrogen (secondary N) is 1. The van der Waals surface area contributed by atoms with Crippen molar-refractivity contribution in [3.05, 3.63) is 53.1 Å². The van der Waals surface area contributed by atoms with Gasteiger partial charge in [-0.3, -0.25) is 0 Å². The van der Waals surface area contributed by atoms with Crippen LogP contribution in [0.25, 0.3) is 0 Å². The van der Waals surface area contributed by atoms with Gasteiger partial charge in [-0.15, -0.1) is 0 Å². The summed E-state index contributed by atoms with van der Waals surface area (Å²) in [6, 6.07) is 10.8. The summed E-state index contributed by atoms with van der Waals surface area (Å²) < 4.78 is 40.6. The number of hydrogen-bond donors (Lipinski definition) is 1. The van der Waals surface area contributed by atoms with E-state index in [2.05, 4.69) is 10.1 Å².